The number of carboxylic acids is 1. The molecule has 3 nitrogen and oxygen atoms in total. The van der Waals surface area contributed by atoms with Crippen molar-refractivity contribution in [2.75, 3.05) is 0 Å². The summed E-state index contributed by atoms with van der Waals surface area (Å²) in [5.41, 5.74) is -0.371. The van der Waals surface area contributed by atoms with Crippen LogP contribution < -0.4 is 0 Å². The van der Waals surface area contributed by atoms with Crippen LogP contribution in [0.15, 0.2) is 36.5 Å². The number of benzene rings is 1. The van der Waals surface area contributed by atoms with E-state index in [0.29, 0.717) is 0 Å². The molecule has 0 amide bonds. The Bertz CT molecular complexity index is 584. The van der Waals surface area contributed by atoms with Gasteiger partial charge in [-0.1, -0.05) is 18.2 Å². The third-order valence-corrected chi connectivity index (χ3v) is 2.25. The summed E-state index contributed by atoms with van der Waals surface area (Å²) >= 11 is 0. The van der Waals surface area contributed by atoms with Gasteiger partial charge in [-0.25, -0.2) is 18.6 Å². The molecule has 0 saturated heterocycles. The minimum atomic E-state index is -1.29. The second-order valence-corrected chi connectivity index (χ2v) is 3.31. The van der Waals surface area contributed by atoms with Crippen molar-refractivity contribution in [3.05, 3.63) is 53.9 Å². The van der Waals surface area contributed by atoms with Gasteiger partial charge in [0.25, 0.3) is 0 Å². The summed E-state index contributed by atoms with van der Waals surface area (Å²) in [6.45, 7) is 0. The maximum atomic E-state index is 13.5. The third kappa shape index (κ3) is 1.99. The number of hydrogen-bond donors (Lipinski definition) is 1. The highest BCUT2D eigenvalue weighted by atomic mass is 19.2. The van der Waals surface area contributed by atoms with E-state index >= 15 is 0 Å². The quantitative estimate of drug-likeness (QED) is 0.870. The molecular weight excluding hydrogens is 228 g/mol. The first kappa shape index (κ1) is 11.2. The lowest BCUT2D eigenvalue weighted by Gasteiger charge is -2.06. The molecule has 1 N–H and O–H groups in total. The van der Waals surface area contributed by atoms with Crippen LogP contribution in [0, 0.1) is 11.6 Å². The second kappa shape index (κ2) is 4.29. The highest BCUT2D eigenvalue weighted by molar-refractivity contribution is 5.93. The van der Waals surface area contributed by atoms with Crippen molar-refractivity contribution in [3.63, 3.8) is 0 Å². The molecule has 0 unspecified atom stereocenters. The van der Waals surface area contributed by atoms with Crippen molar-refractivity contribution in [3.8, 4) is 11.1 Å². The van der Waals surface area contributed by atoms with E-state index in [2.05, 4.69) is 4.98 Å². The molecule has 0 fully saturated rings. The summed E-state index contributed by atoms with van der Waals surface area (Å²) in [4.78, 5) is 14.5. The Morgan fingerprint density at radius 3 is 2.53 bits per heavy atom. The average molecular weight is 235 g/mol. The molecule has 0 aliphatic heterocycles. The first-order valence-electron chi connectivity index (χ1n) is 4.74. The van der Waals surface area contributed by atoms with Gasteiger partial charge in [0, 0.05) is 17.3 Å². The third-order valence-electron chi connectivity index (χ3n) is 2.25. The lowest BCUT2D eigenvalue weighted by atomic mass is 10.0. The Kier molecular flexibility index (Phi) is 2.82. The van der Waals surface area contributed by atoms with Gasteiger partial charge in [-0.2, -0.15) is 0 Å². The summed E-state index contributed by atoms with van der Waals surface area (Å²) in [5.74, 6) is -3.39. The Balaban J connectivity index is 2.69. The van der Waals surface area contributed by atoms with Gasteiger partial charge in [-0.3, -0.25) is 0 Å². The molecular formula is C12H7F2NO2. The standard InChI is InChI=1S/C12H7F2NO2/c13-9-5-1-3-7(10(9)14)8-4-2-6-15-11(8)12(16)17/h1-6H,(H,16,17). The smallest absolute Gasteiger partial charge is 0.355 e. The molecule has 0 atom stereocenters. The molecule has 86 valence electrons. The van der Waals surface area contributed by atoms with Crippen molar-refractivity contribution in [2.24, 2.45) is 0 Å². The van der Waals surface area contributed by atoms with Gasteiger partial charge in [0.15, 0.2) is 17.3 Å². The Labute approximate surface area is 95.4 Å². The van der Waals surface area contributed by atoms with E-state index in [1.807, 2.05) is 0 Å². The van der Waals surface area contributed by atoms with E-state index in [1.54, 1.807) is 0 Å². The van der Waals surface area contributed by atoms with E-state index in [4.69, 9.17) is 5.11 Å². The van der Waals surface area contributed by atoms with Crippen LogP contribution in [0.4, 0.5) is 8.78 Å². The maximum Gasteiger partial charge on any atom is 0.355 e. The van der Waals surface area contributed by atoms with Gasteiger partial charge in [0.2, 0.25) is 0 Å². The van der Waals surface area contributed by atoms with E-state index in [0.717, 1.165) is 6.07 Å². The van der Waals surface area contributed by atoms with Gasteiger partial charge in [-0.05, 0) is 12.1 Å². The molecule has 0 saturated carbocycles. The number of halogens is 2. The molecule has 0 radical (unpaired) electrons. The summed E-state index contributed by atoms with van der Waals surface area (Å²) < 4.78 is 26.6. The first-order valence-corrected chi connectivity index (χ1v) is 4.74. The van der Waals surface area contributed by atoms with E-state index in [9.17, 15) is 13.6 Å². The number of carboxylic acid groups (broad SMARTS) is 1. The van der Waals surface area contributed by atoms with Crippen molar-refractivity contribution in [1.29, 1.82) is 0 Å². The molecule has 0 aliphatic carbocycles. The van der Waals surface area contributed by atoms with Crippen molar-refractivity contribution in [1.82, 2.24) is 4.98 Å². The van der Waals surface area contributed by atoms with Crippen LogP contribution in [0.2, 0.25) is 0 Å². The first-order chi connectivity index (χ1) is 8.11. The minimum absolute atomic E-state index is 0.0528. The monoisotopic (exact) mass is 235 g/mol. The Morgan fingerprint density at radius 1 is 1.12 bits per heavy atom. The number of pyridine rings is 1. The second-order valence-electron chi connectivity index (χ2n) is 3.31. The number of aromatic carboxylic acids is 1. The summed E-state index contributed by atoms with van der Waals surface area (Å²) in [6, 6.07) is 6.43. The van der Waals surface area contributed by atoms with Crippen LogP contribution in [0.5, 0.6) is 0 Å². The van der Waals surface area contributed by atoms with E-state index in [1.165, 1.54) is 30.5 Å². The molecule has 1 heterocycles. The zero-order valence-corrected chi connectivity index (χ0v) is 8.52. The highest BCUT2D eigenvalue weighted by Gasteiger charge is 2.17. The van der Waals surface area contributed by atoms with Gasteiger partial charge < -0.3 is 5.11 Å². The van der Waals surface area contributed by atoms with Crippen molar-refractivity contribution >= 4 is 5.97 Å². The fourth-order valence-corrected chi connectivity index (χ4v) is 1.50. The fraction of sp³-hybridized carbons (Fsp3) is 0. The molecule has 0 spiro atoms. The SMILES string of the molecule is O=C(O)c1ncccc1-c1cccc(F)c1F. The lowest BCUT2D eigenvalue weighted by Crippen LogP contribution is -2.03. The zero-order valence-electron chi connectivity index (χ0n) is 8.52. The summed E-state index contributed by atoms with van der Waals surface area (Å²) in [6.07, 6.45) is 1.28. The average Bonchev–Trinajstić information content (AvgIpc) is 2.33. The Hall–Kier alpha value is -2.30. The van der Waals surface area contributed by atoms with Crippen LogP contribution in [0.1, 0.15) is 10.5 Å². The summed E-state index contributed by atoms with van der Waals surface area (Å²) in [5, 5.41) is 8.91. The van der Waals surface area contributed by atoms with Gasteiger partial charge in [0.1, 0.15) is 0 Å². The molecule has 5 heteroatoms. The molecule has 2 aromatic rings. The van der Waals surface area contributed by atoms with Gasteiger partial charge in [0.05, 0.1) is 0 Å². The van der Waals surface area contributed by atoms with Crippen LogP contribution in [-0.4, -0.2) is 16.1 Å². The molecule has 1 aromatic heterocycles. The summed E-state index contributed by atoms with van der Waals surface area (Å²) in [7, 11) is 0. The molecule has 17 heavy (non-hydrogen) atoms. The number of rotatable bonds is 2. The van der Waals surface area contributed by atoms with Gasteiger partial charge >= 0.3 is 5.97 Å². The van der Waals surface area contributed by atoms with Crippen LogP contribution >= 0.6 is 0 Å². The van der Waals surface area contributed by atoms with Crippen molar-refractivity contribution in [2.45, 2.75) is 0 Å². The highest BCUT2D eigenvalue weighted by Crippen LogP contribution is 2.26. The normalized spacial score (nSPS) is 10.2. The lowest BCUT2D eigenvalue weighted by molar-refractivity contribution is 0.0691. The molecule has 1 aromatic carbocycles. The number of carbonyl (C=O) groups is 1. The van der Waals surface area contributed by atoms with Gasteiger partial charge in [-0.15, -0.1) is 0 Å². The number of aromatic nitrogens is 1. The largest absolute Gasteiger partial charge is 0.476 e. The zero-order chi connectivity index (χ0) is 12.4. The van der Waals surface area contributed by atoms with E-state index < -0.39 is 17.6 Å². The predicted octanol–water partition coefficient (Wildman–Crippen LogP) is 2.73. The Morgan fingerprint density at radius 2 is 1.82 bits per heavy atom. The fourth-order valence-electron chi connectivity index (χ4n) is 1.50. The molecule has 2 rings (SSSR count). The molecule has 0 bridgehead atoms. The van der Waals surface area contributed by atoms with Crippen LogP contribution in [-0.2, 0) is 0 Å². The maximum absolute atomic E-state index is 13.5. The van der Waals surface area contributed by atoms with Crippen LogP contribution in [0.25, 0.3) is 11.1 Å². The number of hydrogen-bond acceptors (Lipinski definition) is 2. The van der Waals surface area contributed by atoms with E-state index in [-0.39, 0.29) is 16.8 Å². The topological polar surface area (TPSA) is 50.2 Å². The van der Waals surface area contributed by atoms with Crippen LogP contribution in [0.3, 0.4) is 0 Å². The predicted molar refractivity (Wildman–Crippen MR) is 56.5 cm³/mol. The minimum Gasteiger partial charge on any atom is -0.476 e. The van der Waals surface area contributed by atoms with Crippen molar-refractivity contribution < 1.29 is 18.7 Å². The number of nitrogens with zero attached hydrogens (tertiary/aromatic N) is 1. The molecule has 0 aliphatic rings.